The fourth-order valence-corrected chi connectivity index (χ4v) is 4.94. The second kappa shape index (κ2) is 8.68. The van der Waals surface area contributed by atoms with E-state index in [4.69, 9.17) is 11.6 Å². The SMILES string of the molecule is Cc1c(Cl)cccc1NC(=O)[C@@H]1Sc2nnc(-c3ccccc3)n2N[C@H]1c1ccccc1. The first-order valence-corrected chi connectivity index (χ1v) is 11.4. The zero-order valence-electron chi connectivity index (χ0n) is 17.2. The van der Waals surface area contributed by atoms with Gasteiger partial charge in [-0.05, 0) is 30.2 Å². The van der Waals surface area contributed by atoms with E-state index in [0.717, 1.165) is 16.7 Å². The standard InChI is InChI=1S/C24H20ClN5OS/c1-15-18(25)13-8-14-19(15)26-23(31)21-20(16-9-4-2-5-10-16)29-30-22(27-28-24(30)32-21)17-11-6-3-7-12-17/h2-14,20-21,29H,1H3,(H,26,31)/t20-,21+/m0/s1. The maximum atomic E-state index is 13.4. The molecule has 5 rings (SSSR count). The Bertz CT molecular complexity index is 1260. The van der Waals surface area contributed by atoms with Gasteiger partial charge in [0.15, 0.2) is 5.82 Å². The normalized spacial score (nSPS) is 17.3. The summed E-state index contributed by atoms with van der Waals surface area (Å²) in [6.07, 6.45) is 0. The van der Waals surface area contributed by atoms with Gasteiger partial charge >= 0.3 is 0 Å². The van der Waals surface area contributed by atoms with Crippen molar-refractivity contribution in [1.29, 1.82) is 0 Å². The minimum Gasteiger partial charge on any atom is -0.325 e. The lowest BCUT2D eigenvalue weighted by Crippen LogP contribution is -2.41. The Balaban J connectivity index is 1.51. The third-order valence-corrected chi connectivity index (χ3v) is 7.04. The van der Waals surface area contributed by atoms with Gasteiger partial charge in [-0.2, -0.15) is 0 Å². The van der Waals surface area contributed by atoms with Crippen LogP contribution >= 0.6 is 23.4 Å². The van der Waals surface area contributed by atoms with Crippen LogP contribution in [0.3, 0.4) is 0 Å². The summed E-state index contributed by atoms with van der Waals surface area (Å²) in [7, 11) is 0. The molecule has 6 nitrogen and oxygen atoms in total. The third-order valence-electron chi connectivity index (χ3n) is 5.41. The molecule has 1 aliphatic heterocycles. The fourth-order valence-electron chi connectivity index (χ4n) is 3.69. The molecule has 0 bridgehead atoms. The number of aromatic nitrogens is 3. The fraction of sp³-hybridized carbons (Fsp3) is 0.125. The Hall–Kier alpha value is -3.29. The second-order valence-corrected chi connectivity index (χ2v) is 8.98. The van der Waals surface area contributed by atoms with Crippen LogP contribution in [0.5, 0.6) is 0 Å². The van der Waals surface area contributed by atoms with Crippen LogP contribution in [0.1, 0.15) is 17.2 Å². The predicted molar refractivity (Wildman–Crippen MR) is 128 cm³/mol. The van der Waals surface area contributed by atoms with E-state index in [-0.39, 0.29) is 11.9 Å². The van der Waals surface area contributed by atoms with E-state index in [1.165, 1.54) is 11.8 Å². The number of fused-ring (bicyclic) bond motifs is 1. The largest absolute Gasteiger partial charge is 0.325 e. The van der Waals surface area contributed by atoms with Gasteiger partial charge in [0.1, 0.15) is 5.25 Å². The van der Waals surface area contributed by atoms with Crippen LogP contribution in [0.25, 0.3) is 11.4 Å². The van der Waals surface area contributed by atoms with Crippen LogP contribution < -0.4 is 10.7 Å². The first kappa shape index (κ1) is 20.6. The van der Waals surface area contributed by atoms with E-state index in [9.17, 15) is 4.79 Å². The summed E-state index contributed by atoms with van der Waals surface area (Å²) in [4.78, 5) is 13.4. The van der Waals surface area contributed by atoms with Crippen molar-refractivity contribution in [1.82, 2.24) is 14.9 Å². The molecule has 0 spiro atoms. The number of hydrogen-bond acceptors (Lipinski definition) is 5. The van der Waals surface area contributed by atoms with Crippen molar-refractivity contribution in [2.24, 2.45) is 0 Å². The molecule has 1 aromatic heterocycles. The maximum Gasteiger partial charge on any atom is 0.240 e. The summed E-state index contributed by atoms with van der Waals surface area (Å²) in [5.41, 5.74) is 6.97. The van der Waals surface area contributed by atoms with Crippen molar-refractivity contribution < 1.29 is 4.79 Å². The average Bonchev–Trinajstić information content (AvgIpc) is 3.25. The molecule has 2 N–H and O–H groups in total. The van der Waals surface area contributed by atoms with Crippen molar-refractivity contribution in [2.75, 3.05) is 10.7 Å². The van der Waals surface area contributed by atoms with Crippen LogP contribution in [-0.4, -0.2) is 26.0 Å². The van der Waals surface area contributed by atoms with E-state index in [1.807, 2.05) is 90.5 Å². The Labute approximate surface area is 195 Å². The van der Waals surface area contributed by atoms with Gasteiger partial charge in [0, 0.05) is 16.3 Å². The highest BCUT2D eigenvalue weighted by Gasteiger charge is 2.38. The van der Waals surface area contributed by atoms with E-state index >= 15 is 0 Å². The van der Waals surface area contributed by atoms with Crippen LogP contribution in [0.15, 0.2) is 84.0 Å². The molecule has 3 aromatic carbocycles. The number of thioether (sulfide) groups is 1. The van der Waals surface area contributed by atoms with Crippen LogP contribution in [0.2, 0.25) is 5.02 Å². The molecule has 32 heavy (non-hydrogen) atoms. The molecule has 160 valence electrons. The molecular formula is C24H20ClN5OS. The Morgan fingerprint density at radius 1 is 1.00 bits per heavy atom. The molecule has 0 fully saturated rings. The highest BCUT2D eigenvalue weighted by Crippen LogP contribution is 2.39. The summed E-state index contributed by atoms with van der Waals surface area (Å²) in [6, 6.07) is 25.0. The topological polar surface area (TPSA) is 71.8 Å². The number of amides is 1. The number of carbonyl (C=O) groups is 1. The number of nitrogens with one attached hydrogen (secondary N) is 2. The van der Waals surface area contributed by atoms with E-state index in [0.29, 0.717) is 21.7 Å². The summed E-state index contributed by atoms with van der Waals surface area (Å²) in [5.74, 6) is 0.579. The van der Waals surface area contributed by atoms with Gasteiger partial charge in [-0.1, -0.05) is 90.1 Å². The number of carbonyl (C=O) groups excluding carboxylic acids is 1. The van der Waals surface area contributed by atoms with E-state index < -0.39 is 5.25 Å². The Kier molecular flexibility index (Phi) is 5.59. The number of anilines is 1. The second-order valence-electron chi connectivity index (χ2n) is 7.47. The highest BCUT2D eigenvalue weighted by molar-refractivity contribution is 8.00. The lowest BCUT2D eigenvalue weighted by Gasteiger charge is -2.33. The first-order chi connectivity index (χ1) is 15.6. The molecule has 0 saturated carbocycles. The monoisotopic (exact) mass is 461 g/mol. The lowest BCUT2D eigenvalue weighted by molar-refractivity contribution is -0.116. The molecule has 0 unspecified atom stereocenters. The smallest absolute Gasteiger partial charge is 0.240 e. The minimum absolute atomic E-state index is 0.128. The molecule has 1 aliphatic rings. The summed E-state index contributed by atoms with van der Waals surface area (Å²) in [5, 5.41) is 12.6. The van der Waals surface area contributed by atoms with Gasteiger partial charge < -0.3 is 10.7 Å². The quantitative estimate of drug-likeness (QED) is 0.431. The Morgan fingerprint density at radius 3 is 2.47 bits per heavy atom. The van der Waals surface area contributed by atoms with Crippen LogP contribution in [0.4, 0.5) is 5.69 Å². The molecule has 8 heteroatoms. The number of benzene rings is 3. The van der Waals surface area contributed by atoms with Crippen LogP contribution in [-0.2, 0) is 4.79 Å². The van der Waals surface area contributed by atoms with Gasteiger partial charge in [-0.3, -0.25) is 4.79 Å². The van der Waals surface area contributed by atoms with Crippen LogP contribution in [0, 0.1) is 6.92 Å². The maximum absolute atomic E-state index is 13.4. The van der Waals surface area contributed by atoms with Gasteiger partial charge in [0.2, 0.25) is 11.1 Å². The highest BCUT2D eigenvalue weighted by atomic mass is 35.5. The molecule has 1 amide bonds. The van der Waals surface area contributed by atoms with Gasteiger partial charge in [0.25, 0.3) is 0 Å². The van der Waals surface area contributed by atoms with Gasteiger partial charge in [-0.25, -0.2) is 4.68 Å². The number of rotatable bonds is 4. The zero-order valence-corrected chi connectivity index (χ0v) is 18.8. The van der Waals surface area contributed by atoms with Crippen molar-refractivity contribution in [2.45, 2.75) is 23.4 Å². The number of nitrogens with zero attached hydrogens (tertiary/aromatic N) is 3. The zero-order chi connectivity index (χ0) is 22.1. The van der Waals surface area contributed by atoms with E-state index in [2.05, 4.69) is 20.9 Å². The lowest BCUT2D eigenvalue weighted by atomic mass is 10.0. The number of halogens is 1. The predicted octanol–water partition coefficient (Wildman–Crippen LogP) is 5.30. The molecule has 2 heterocycles. The molecule has 0 aliphatic carbocycles. The minimum atomic E-state index is -0.462. The van der Waals surface area contributed by atoms with Gasteiger partial charge in [0.05, 0.1) is 6.04 Å². The summed E-state index contributed by atoms with van der Waals surface area (Å²) < 4.78 is 1.87. The van der Waals surface area contributed by atoms with Crippen molar-refractivity contribution >= 4 is 35.0 Å². The molecule has 0 radical (unpaired) electrons. The molecule has 4 aromatic rings. The average molecular weight is 462 g/mol. The molecule has 2 atom stereocenters. The van der Waals surface area contributed by atoms with Crippen molar-refractivity contribution in [3.8, 4) is 11.4 Å². The first-order valence-electron chi connectivity index (χ1n) is 10.2. The molecular weight excluding hydrogens is 442 g/mol. The number of hydrogen-bond donors (Lipinski definition) is 2. The van der Waals surface area contributed by atoms with E-state index in [1.54, 1.807) is 0 Å². The van der Waals surface area contributed by atoms with Crippen molar-refractivity contribution in [3.63, 3.8) is 0 Å². The summed E-state index contributed by atoms with van der Waals surface area (Å²) in [6.45, 7) is 1.89. The summed E-state index contributed by atoms with van der Waals surface area (Å²) >= 11 is 7.64. The van der Waals surface area contributed by atoms with Crippen molar-refractivity contribution in [3.05, 3.63) is 95.0 Å². The molecule has 0 saturated heterocycles. The third kappa shape index (κ3) is 3.85. The Morgan fingerprint density at radius 2 is 1.72 bits per heavy atom. The van der Waals surface area contributed by atoms with Gasteiger partial charge in [-0.15, -0.1) is 10.2 Å².